The van der Waals surface area contributed by atoms with E-state index in [1.165, 1.54) is 32.1 Å². The second kappa shape index (κ2) is 10.5. The topological polar surface area (TPSA) is 86.6 Å². The first-order valence-electron chi connectivity index (χ1n) is 11.3. The molecule has 1 aromatic rings. The molecule has 1 N–H and O–H groups in total. The Morgan fingerprint density at radius 1 is 1.00 bits per heavy atom. The fraction of sp³-hybridized carbons (Fsp3) is 0.727. The number of carbonyl (C=O) groups is 2. The molecule has 0 atom stereocenters. The predicted octanol–water partition coefficient (Wildman–Crippen LogP) is 3.90. The Labute approximate surface area is 186 Å². The number of aliphatic carboxylic acids is 1. The van der Waals surface area contributed by atoms with Crippen molar-refractivity contribution in [3.05, 3.63) is 18.6 Å². The molecular weight excluding hydrogens is 425 g/mol. The van der Waals surface area contributed by atoms with Crippen LogP contribution in [-0.2, 0) is 9.59 Å². The number of amides is 1. The van der Waals surface area contributed by atoms with Crippen molar-refractivity contribution in [2.75, 3.05) is 31.1 Å². The van der Waals surface area contributed by atoms with E-state index in [4.69, 9.17) is 9.90 Å². The van der Waals surface area contributed by atoms with Gasteiger partial charge >= 0.3 is 12.1 Å². The molecule has 1 saturated carbocycles. The predicted molar refractivity (Wildman–Crippen MR) is 112 cm³/mol. The summed E-state index contributed by atoms with van der Waals surface area (Å²) < 4.78 is 31.7. The van der Waals surface area contributed by atoms with Crippen molar-refractivity contribution >= 4 is 17.7 Å². The van der Waals surface area contributed by atoms with Crippen molar-refractivity contribution < 1.29 is 27.9 Å². The first-order chi connectivity index (χ1) is 15.2. The van der Waals surface area contributed by atoms with E-state index < -0.39 is 12.1 Å². The van der Waals surface area contributed by atoms with E-state index in [9.17, 15) is 18.0 Å². The minimum absolute atomic E-state index is 0.309. The van der Waals surface area contributed by atoms with Gasteiger partial charge in [-0.1, -0.05) is 19.3 Å². The van der Waals surface area contributed by atoms with E-state index in [0.717, 1.165) is 57.7 Å². The van der Waals surface area contributed by atoms with E-state index in [1.54, 1.807) is 12.4 Å². The van der Waals surface area contributed by atoms with E-state index in [1.807, 2.05) is 6.20 Å². The molecule has 2 saturated heterocycles. The highest BCUT2D eigenvalue weighted by Crippen LogP contribution is 2.41. The average Bonchev–Trinajstić information content (AvgIpc) is 2.80. The highest BCUT2D eigenvalue weighted by molar-refractivity contribution is 5.79. The van der Waals surface area contributed by atoms with E-state index in [0.29, 0.717) is 17.2 Å². The first-order valence-corrected chi connectivity index (χ1v) is 11.3. The van der Waals surface area contributed by atoms with Crippen molar-refractivity contribution in [1.29, 1.82) is 0 Å². The van der Waals surface area contributed by atoms with Crippen LogP contribution in [0.5, 0.6) is 0 Å². The lowest BCUT2D eigenvalue weighted by atomic mass is 9.72. The number of nitrogens with zero attached hydrogens (tertiary/aromatic N) is 4. The van der Waals surface area contributed by atoms with Gasteiger partial charge in [-0.3, -0.25) is 9.78 Å². The number of piperidine rings is 2. The molecule has 32 heavy (non-hydrogen) atoms. The van der Waals surface area contributed by atoms with Crippen LogP contribution in [0.25, 0.3) is 0 Å². The van der Waals surface area contributed by atoms with Crippen LogP contribution in [-0.4, -0.2) is 64.2 Å². The Hall–Kier alpha value is -2.39. The molecule has 1 aromatic heterocycles. The molecule has 7 nitrogen and oxygen atoms in total. The third-order valence-electron chi connectivity index (χ3n) is 6.87. The number of rotatable bonds is 2. The smallest absolute Gasteiger partial charge is 0.475 e. The van der Waals surface area contributed by atoms with Gasteiger partial charge in [-0.05, 0) is 43.9 Å². The summed E-state index contributed by atoms with van der Waals surface area (Å²) in [6, 6.07) is 0. The third-order valence-corrected chi connectivity index (χ3v) is 6.87. The van der Waals surface area contributed by atoms with Crippen molar-refractivity contribution in [3.8, 4) is 0 Å². The van der Waals surface area contributed by atoms with Crippen LogP contribution in [0.4, 0.5) is 19.0 Å². The molecule has 0 bridgehead atoms. The maximum absolute atomic E-state index is 13.0. The number of carboxylic acid groups (broad SMARTS) is 1. The molecule has 10 heteroatoms. The lowest BCUT2D eigenvalue weighted by Crippen LogP contribution is -2.52. The molecule has 0 unspecified atom stereocenters. The number of hydrogen-bond acceptors (Lipinski definition) is 5. The fourth-order valence-corrected chi connectivity index (χ4v) is 5.08. The average molecular weight is 457 g/mol. The summed E-state index contributed by atoms with van der Waals surface area (Å²) in [7, 11) is 0. The molecule has 3 heterocycles. The zero-order valence-corrected chi connectivity index (χ0v) is 18.2. The van der Waals surface area contributed by atoms with Crippen LogP contribution in [0.15, 0.2) is 18.6 Å². The van der Waals surface area contributed by atoms with Crippen LogP contribution in [0.1, 0.15) is 57.8 Å². The second-order valence-electron chi connectivity index (χ2n) is 9.05. The van der Waals surface area contributed by atoms with Gasteiger partial charge in [0.25, 0.3) is 0 Å². The molecular formula is C22H31F3N4O3. The zero-order valence-electron chi connectivity index (χ0n) is 18.2. The molecule has 3 fully saturated rings. The zero-order chi connectivity index (χ0) is 23.2. The summed E-state index contributed by atoms with van der Waals surface area (Å²) in [6.07, 6.45) is 11.1. The van der Waals surface area contributed by atoms with Crippen molar-refractivity contribution in [2.24, 2.45) is 11.3 Å². The van der Waals surface area contributed by atoms with Crippen molar-refractivity contribution in [2.45, 2.75) is 64.0 Å². The Kier molecular flexibility index (Phi) is 7.95. The summed E-state index contributed by atoms with van der Waals surface area (Å²) in [4.78, 5) is 35.1. The number of carbonyl (C=O) groups excluding carboxylic acids is 1. The van der Waals surface area contributed by atoms with Gasteiger partial charge in [-0.2, -0.15) is 13.2 Å². The number of aromatic nitrogens is 2. The minimum Gasteiger partial charge on any atom is -0.475 e. The maximum Gasteiger partial charge on any atom is 0.490 e. The van der Waals surface area contributed by atoms with Gasteiger partial charge in [0.1, 0.15) is 5.82 Å². The molecule has 1 amide bonds. The van der Waals surface area contributed by atoms with Gasteiger partial charge in [0.15, 0.2) is 0 Å². The second-order valence-corrected chi connectivity index (χ2v) is 9.05. The quantitative estimate of drug-likeness (QED) is 0.727. The summed E-state index contributed by atoms with van der Waals surface area (Å²) in [5.41, 5.74) is 0.335. The van der Waals surface area contributed by atoms with E-state index in [2.05, 4.69) is 19.8 Å². The fourth-order valence-electron chi connectivity index (χ4n) is 5.08. The van der Waals surface area contributed by atoms with Gasteiger partial charge < -0.3 is 14.9 Å². The highest BCUT2D eigenvalue weighted by atomic mass is 19.4. The lowest BCUT2D eigenvalue weighted by Gasteiger charge is -2.48. The minimum atomic E-state index is -5.08. The molecule has 4 rings (SSSR count). The van der Waals surface area contributed by atoms with Crippen LogP contribution in [0.3, 0.4) is 0 Å². The lowest BCUT2D eigenvalue weighted by molar-refractivity contribution is -0.192. The number of likely N-dealkylation sites (tertiary alicyclic amines) is 1. The van der Waals surface area contributed by atoms with E-state index >= 15 is 0 Å². The Balaban J connectivity index is 0.000000360. The van der Waals surface area contributed by atoms with Crippen LogP contribution in [0.2, 0.25) is 0 Å². The van der Waals surface area contributed by atoms with Gasteiger partial charge in [-0.15, -0.1) is 0 Å². The Morgan fingerprint density at radius 2 is 1.66 bits per heavy atom. The van der Waals surface area contributed by atoms with E-state index in [-0.39, 0.29) is 0 Å². The summed E-state index contributed by atoms with van der Waals surface area (Å²) in [5.74, 6) is -1.01. The molecule has 2 aliphatic heterocycles. The SMILES string of the molecule is O=C(C1CCCCC1)N1CCCC2(CCN(c3cnccn3)CC2)C1.O=C(O)C(F)(F)F. The summed E-state index contributed by atoms with van der Waals surface area (Å²) in [5, 5.41) is 7.12. The molecule has 3 aliphatic rings. The standard InChI is InChI=1S/C20H30N4O.C2HF3O2/c25-19(17-5-2-1-3-6-17)24-12-4-7-20(16-24)8-13-23(14-9-20)18-15-21-10-11-22-18;3-2(4,5)1(6)7/h10-11,15,17H,1-9,12-14,16H2;(H,6,7). The molecule has 0 radical (unpaired) electrons. The van der Waals surface area contributed by atoms with Crippen LogP contribution in [0, 0.1) is 11.3 Å². The molecule has 1 aliphatic carbocycles. The number of alkyl halides is 3. The highest BCUT2D eigenvalue weighted by Gasteiger charge is 2.41. The van der Waals surface area contributed by atoms with Crippen molar-refractivity contribution in [3.63, 3.8) is 0 Å². The van der Waals surface area contributed by atoms with Gasteiger partial charge in [-0.25, -0.2) is 9.78 Å². The molecule has 1 spiro atoms. The van der Waals surface area contributed by atoms with Crippen molar-refractivity contribution in [1.82, 2.24) is 14.9 Å². The molecule has 0 aromatic carbocycles. The Morgan fingerprint density at radius 3 is 2.22 bits per heavy atom. The van der Waals surface area contributed by atoms with Crippen LogP contribution >= 0.6 is 0 Å². The van der Waals surface area contributed by atoms with Gasteiger partial charge in [0.2, 0.25) is 5.91 Å². The first kappa shape index (κ1) is 24.3. The summed E-state index contributed by atoms with van der Waals surface area (Å²) in [6.45, 7) is 4.02. The number of hydrogen-bond donors (Lipinski definition) is 1. The number of carboxylic acids is 1. The van der Waals surface area contributed by atoms with Gasteiger partial charge in [0.05, 0.1) is 6.20 Å². The Bertz CT molecular complexity index is 761. The van der Waals surface area contributed by atoms with Crippen LogP contribution < -0.4 is 4.90 Å². The number of halogens is 3. The maximum atomic E-state index is 13.0. The van der Waals surface area contributed by atoms with Gasteiger partial charge in [0, 0.05) is 44.5 Å². The largest absolute Gasteiger partial charge is 0.490 e. The normalized spacial score (nSPS) is 21.6. The number of anilines is 1. The summed E-state index contributed by atoms with van der Waals surface area (Å²) >= 11 is 0. The molecule has 178 valence electrons. The monoisotopic (exact) mass is 456 g/mol. The third kappa shape index (κ3) is 6.32.